The van der Waals surface area contributed by atoms with Gasteiger partial charge >= 0.3 is 59.7 Å². The average Bonchev–Trinajstić information content (AvgIpc) is 1.57. The zero-order valence-corrected chi connectivity index (χ0v) is 52.1. The largest absolute Gasteiger partial charge is 0.458 e. The van der Waals surface area contributed by atoms with Crippen molar-refractivity contribution in [3.63, 3.8) is 0 Å². The number of fused-ring (bicyclic) bond motifs is 5. The molecule has 25 nitrogen and oxygen atoms in total. The summed E-state index contributed by atoms with van der Waals surface area (Å²) in [5.41, 5.74) is -16.6. The highest BCUT2D eigenvalue weighted by Gasteiger charge is 2.78. The van der Waals surface area contributed by atoms with Gasteiger partial charge in [-0.05, 0) is 138 Å². The van der Waals surface area contributed by atoms with Gasteiger partial charge in [-0.15, -0.1) is 0 Å². The molecule has 5 aliphatic heterocycles. The van der Waals surface area contributed by atoms with E-state index in [0.29, 0.717) is 32.1 Å². The van der Waals surface area contributed by atoms with E-state index in [1.165, 1.54) is 34.6 Å². The Hall–Kier alpha value is -7.85. The first-order valence-electron chi connectivity index (χ1n) is 32.5. The van der Waals surface area contributed by atoms with Crippen molar-refractivity contribution in [3.05, 3.63) is 0 Å². The van der Waals surface area contributed by atoms with Crippen LogP contribution in [0.25, 0.3) is 0 Å². The van der Waals surface area contributed by atoms with Gasteiger partial charge in [-0.2, -0.15) is 26.3 Å². The van der Waals surface area contributed by atoms with Crippen LogP contribution in [0.4, 0.5) is 0 Å². The van der Waals surface area contributed by atoms with Crippen LogP contribution in [0.3, 0.4) is 0 Å². The quantitative estimate of drug-likeness (QED) is 0.122. The van der Waals surface area contributed by atoms with Crippen molar-refractivity contribution in [1.82, 2.24) is 0 Å². The molecule has 92 heavy (non-hydrogen) atoms. The minimum atomic E-state index is -2.13. The number of nitrogens with zero attached hydrogens (tertiary/aromatic N) is 5. The van der Waals surface area contributed by atoms with Gasteiger partial charge in [-0.25, -0.2) is 0 Å². The summed E-state index contributed by atoms with van der Waals surface area (Å²) >= 11 is 0. The summed E-state index contributed by atoms with van der Waals surface area (Å²) in [6.45, 7) is 10.8. The SMILES string of the molecule is CCC(C)(CC(C)(CC(C)(CC(C)(CC(C)(C)C(=O)OC1C2CC3C1OC(=O)C3(C#N)C2)C(=O)OC1C2CC3C1OC(=O)C3(C#N)C2)C(=O)OC1C2CC3C1OC(=O)C3(C#N)C2)C(=O)OC1C2CC3C1OC(=O)C3(C#N)C2)C(=O)OC1C2CC3C1OC(=O)C3(C#N)C2. The maximum atomic E-state index is 16.3. The molecule has 484 valence electrons. The van der Waals surface area contributed by atoms with E-state index in [4.69, 9.17) is 47.4 Å². The lowest BCUT2D eigenvalue weighted by atomic mass is 9.59. The Kier molecular flexibility index (Phi) is 12.4. The lowest BCUT2D eigenvalue weighted by Crippen LogP contribution is -2.52. The third-order valence-electron chi connectivity index (χ3n) is 26.5. The monoisotopic (exact) mass is 1270 g/mol. The van der Waals surface area contributed by atoms with Gasteiger partial charge in [0.2, 0.25) is 0 Å². The number of rotatable bonds is 19. The van der Waals surface area contributed by atoms with E-state index in [1.54, 1.807) is 13.8 Å². The lowest BCUT2D eigenvalue weighted by molar-refractivity contribution is -0.190. The predicted molar refractivity (Wildman–Crippen MR) is 295 cm³/mol. The topological polar surface area (TPSA) is 382 Å². The minimum absolute atomic E-state index is 0.00399. The second kappa shape index (κ2) is 18.9. The molecule has 15 fully saturated rings. The molecule has 0 spiro atoms. The van der Waals surface area contributed by atoms with Gasteiger partial charge in [0.1, 0.15) is 61.0 Å². The van der Waals surface area contributed by atoms with Gasteiger partial charge in [0.15, 0.2) is 27.1 Å². The average molecular weight is 1270 g/mol. The standard InChI is InChI=1S/C67H71N5O20/c1-8-59(4,49(74)84-39-29-10-34-44(39)89-54(79)64(34,15-29)24-69)20-61(6,51(76)86-41-31-12-36-46(41)91-56(81)66(36,17-31)26-71)22-62(7,52(77)87-42-32-13-37-47(42)92-57(82)67(37,18-32)27-72)21-60(5,50(75)85-40-30-11-35-45(40)90-55(80)65(35,16-30)25-70)19-58(2,3)48(73)83-38-28-9-33-43(38)88-53(78)63(33,14-28)23-68/h28-47H,8-22H2,1-7H3. The molecule has 5 heterocycles. The van der Waals surface area contributed by atoms with Crippen molar-refractivity contribution in [2.45, 2.75) is 206 Å². The van der Waals surface area contributed by atoms with E-state index >= 15 is 24.0 Å². The number of esters is 10. The molecule has 5 saturated heterocycles. The lowest BCUT2D eigenvalue weighted by Gasteiger charge is -2.46. The van der Waals surface area contributed by atoms with Crippen LogP contribution in [-0.4, -0.2) is 121 Å². The van der Waals surface area contributed by atoms with Crippen molar-refractivity contribution >= 4 is 59.7 Å². The number of carbonyl (C=O) groups excluding carboxylic acids is 10. The Labute approximate surface area is 528 Å². The molecule has 25 heteroatoms. The third kappa shape index (κ3) is 7.47. The summed E-state index contributed by atoms with van der Waals surface area (Å²) in [6.07, 6.45) is -10.1. The molecule has 10 bridgehead atoms. The van der Waals surface area contributed by atoms with Crippen molar-refractivity contribution in [1.29, 1.82) is 26.3 Å². The first-order valence-corrected chi connectivity index (χ1v) is 32.5. The normalized spacial score (nSPS) is 46.8. The highest BCUT2D eigenvalue weighted by atomic mass is 16.6. The van der Waals surface area contributed by atoms with Crippen molar-refractivity contribution in [2.75, 3.05) is 0 Å². The smallest absolute Gasteiger partial charge is 0.327 e. The first kappa shape index (κ1) is 60.4. The zero-order valence-electron chi connectivity index (χ0n) is 52.1. The van der Waals surface area contributed by atoms with Crippen LogP contribution < -0.4 is 0 Å². The number of hydrogen-bond acceptors (Lipinski definition) is 25. The molecule has 10 saturated carbocycles. The fourth-order valence-electron chi connectivity index (χ4n) is 22.4. The minimum Gasteiger partial charge on any atom is -0.458 e. The van der Waals surface area contributed by atoms with Gasteiger partial charge in [0, 0.05) is 59.2 Å². The highest BCUT2D eigenvalue weighted by molar-refractivity contribution is 5.90. The summed E-state index contributed by atoms with van der Waals surface area (Å²) in [5.74, 6) is -13.4. The van der Waals surface area contributed by atoms with Crippen LogP contribution in [0.1, 0.15) is 145 Å². The molecule has 0 aromatic rings. The molecule has 0 N–H and O–H groups in total. The molecule has 15 rings (SSSR count). The fourth-order valence-corrected chi connectivity index (χ4v) is 22.4. The summed E-state index contributed by atoms with van der Waals surface area (Å²) in [6, 6.07) is 10.8. The number of nitriles is 5. The van der Waals surface area contributed by atoms with Gasteiger partial charge < -0.3 is 47.4 Å². The first-order chi connectivity index (χ1) is 43.4. The van der Waals surface area contributed by atoms with Gasteiger partial charge in [0.05, 0.1) is 57.4 Å². The molecular formula is C67H71N5O20. The molecular weight excluding hydrogens is 1190 g/mol. The molecule has 0 aromatic heterocycles. The van der Waals surface area contributed by atoms with E-state index in [1.807, 2.05) is 0 Å². The summed E-state index contributed by atoms with van der Waals surface area (Å²) in [4.78, 5) is 145. The molecule has 0 aromatic carbocycles. The summed E-state index contributed by atoms with van der Waals surface area (Å²) < 4.78 is 61.5. The van der Waals surface area contributed by atoms with Gasteiger partial charge in [-0.3, -0.25) is 47.9 Å². The van der Waals surface area contributed by atoms with E-state index in [2.05, 4.69) is 30.3 Å². The Bertz CT molecular complexity index is 3710. The van der Waals surface area contributed by atoms with Crippen LogP contribution in [0, 0.1) is 170 Å². The van der Waals surface area contributed by atoms with Crippen molar-refractivity contribution in [3.8, 4) is 30.3 Å². The maximum absolute atomic E-state index is 16.3. The van der Waals surface area contributed by atoms with Crippen LogP contribution in [0.5, 0.6) is 0 Å². The summed E-state index contributed by atoms with van der Waals surface area (Å²) in [5, 5.41) is 51.4. The Morgan fingerprint density at radius 3 is 0.804 bits per heavy atom. The molecule has 0 radical (unpaired) electrons. The number of ether oxygens (including phenoxy) is 10. The highest BCUT2D eigenvalue weighted by Crippen LogP contribution is 2.68. The predicted octanol–water partition coefficient (Wildman–Crippen LogP) is 4.94. The maximum Gasteiger partial charge on any atom is 0.327 e. The third-order valence-corrected chi connectivity index (χ3v) is 26.5. The molecule has 29 atom stereocenters. The van der Waals surface area contributed by atoms with Crippen LogP contribution in [0.2, 0.25) is 0 Å². The van der Waals surface area contributed by atoms with E-state index in [-0.39, 0.29) is 38.5 Å². The second-order valence-electron chi connectivity index (χ2n) is 32.3. The van der Waals surface area contributed by atoms with Gasteiger partial charge in [0.25, 0.3) is 0 Å². The number of hydrogen-bond donors (Lipinski definition) is 0. The second-order valence-corrected chi connectivity index (χ2v) is 32.3. The van der Waals surface area contributed by atoms with Crippen molar-refractivity contribution < 1.29 is 95.3 Å². The van der Waals surface area contributed by atoms with Crippen LogP contribution in [0.15, 0.2) is 0 Å². The Balaban J connectivity index is 0.803. The van der Waals surface area contributed by atoms with E-state index in [9.17, 15) is 50.3 Å². The van der Waals surface area contributed by atoms with E-state index < -0.39 is 260 Å². The fraction of sp³-hybridized carbons (Fsp3) is 0.776. The summed E-state index contributed by atoms with van der Waals surface area (Å²) in [7, 11) is 0. The zero-order chi connectivity index (χ0) is 65.5. The number of carbonyl (C=O) groups is 10. The van der Waals surface area contributed by atoms with Crippen molar-refractivity contribution in [2.24, 2.45) is 113 Å². The molecule has 29 unspecified atom stereocenters. The van der Waals surface area contributed by atoms with Gasteiger partial charge in [-0.1, -0.05) is 6.92 Å². The molecule has 15 aliphatic rings. The molecule has 10 aliphatic carbocycles. The molecule has 0 amide bonds. The van der Waals surface area contributed by atoms with Crippen LogP contribution >= 0.6 is 0 Å². The Morgan fingerprint density at radius 1 is 0.370 bits per heavy atom. The van der Waals surface area contributed by atoms with Crippen LogP contribution in [-0.2, 0) is 95.3 Å². The van der Waals surface area contributed by atoms with E-state index in [0.717, 1.165) is 0 Å². The Morgan fingerprint density at radius 2 is 0.576 bits per heavy atom.